The molecule has 2 fully saturated rings. The predicted octanol–water partition coefficient (Wildman–Crippen LogP) is 1.47. The predicted molar refractivity (Wildman–Crippen MR) is 66.3 cm³/mol. The summed E-state index contributed by atoms with van der Waals surface area (Å²) < 4.78 is 10.3. The smallest absolute Gasteiger partial charge is 0.320 e. The number of carbonyl (C=O) groups is 1. The molecule has 2 saturated carbocycles. The van der Waals surface area contributed by atoms with Crippen molar-refractivity contribution in [3.63, 3.8) is 0 Å². The number of nitrogens with zero attached hydrogens (tertiary/aromatic N) is 3. The van der Waals surface area contributed by atoms with Crippen LogP contribution in [-0.2, 0) is 16.1 Å². The quantitative estimate of drug-likeness (QED) is 0.695. The molecule has 104 valence electrons. The van der Waals surface area contributed by atoms with Crippen LogP contribution in [0, 0.1) is 0 Å². The molecule has 0 bridgehead atoms. The van der Waals surface area contributed by atoms with Crippen LogP contribution in [0.25, 0.3) is 0 Å². The lowest BCUT2D eigenvalue weighted by atomic mass is 10.4. The molecule has 0 saturated heterocycles. The van der Waals surface area contributed by atoms with E-state index < -0.39 is 0 Å². The maximum atomic E-state index is 11.6. The van der Waals surface area contributed by atoms with Gasteiger partial charge in [-0.05, 0) is 32.6 Å². The second-order valence-electron chi connectivity index (χ2n) is 5.26. The van der Waals surface area contributed by atoms with Gasteiger partial charge in [-0.25, -0.2) is 0 Å². The van der Waals surface area contributed by atoms with E-state index in [0.29, 0.717) is 37.5 Å². The molecule has 0 aromatic carbocycles. The lowest BCUT2D eigenvalue weighted by molar-refractivity contribution is -0.144. The molecule has 6 nitrogen and oxygen atoms in total. The summed E-state index contributed by atoms with van der Waals surface area (Å²) in [7, 11) is 0. The fourth-order valence-electron chi connectivity index (χ4n) is 2.14. The summed E-state index contributed by atoms with van der Waals surface area (Å²) in [4.78, 5) is 18.0. The van der Waals surface area contributed by atoms with Crippen molar-refractivity contribution in [2.75, 3.05) is 13.2 Å². The standard InChI is InChI=1S/C13H19N3O3/c1-2-18-12(17)8-16(10-5-6-10)7-11-14-13(15-19-11)9-3-4-9/h9-10H,2-8H2,1H3. The Bertz CT molecular complexity index is 452. The number of hydrogen-bond donors (Lipinski definition) is 0. The maximum Gasteiger partial charge on any atom is 0.320 e. The third-order valence-electron chi connectivity index (χ3n) is 3.47. The van der Waals surface area contributed by atoms with Crippen LogP contribution in [0.1, 0.15) is 50.2 Å². The summed E-state index contributed by atoms with van der Waals surface area (Å²) in [6.45, 7) is 3.09. The molecule has 1 aromatic heterocycles. The van der Waals surface area contributed by atoms with E-state index in [2.05, 4.69) is 15.0 Å². The number of ether oxygens (including phenoxy) is 1. The molecule has 0 radical (unpaired) electrons. The van der Waals surface area contributed by atoms with E-state index in [1.807, 2.05) is 6.92 Å². The van der Waals surface area contributed by atoms with Gasteiger partial charge in [-0.3, -0.25) is 9.69 Å². The zero-order valence-electron chi connectivity index (χ0n) is 11.2. The van der Waals surface area contributed by atoms with Crippen LogP contribution in [0.15, 0.2) is 4.52 Å². The molecule has 3 rings (SSSR count). The molecule has 0 N–H and O–H groups in total. The first-order valence-corrected chi connectivity index (χ1v) is 6.98. The van der Waals surface area contributed by atoms with Crippen LogP contribution in [0.2, 0.25) is 0 Å². The summed E-state index contributed by atoms with van der Waals surface area (Å²) >= 11 is 0. The van der Waals surface area contributed by atoms with Crippen LogP contribution < -0.4 is 0 Å². The summed E-state index contributed by atoms with van der Waals surface area (Å²) in [5.74, 6) is 1.74. The van der Waals surface area contributed by atoms with Crippen molar-refractivity contribution in [1.29, 1.82) is 0 Å². The first-order chi connectivity index (χ1) is 9.26. The monoisotopic (exact) mass is 265 g/mol. The lowest BCUT2D eigenvalue weighted by Gasteiger charge is -2.18. The number of esters is 1. The van der Waals surface area contributed by atoms with Gasteiger partial charge in [-0.2, -0.15) is 4.98 Å². The molecule has 0 spiro atoms. The molecule has 1 aromatic rings. The van der Waals surface area contributed by atoms with Crippen molar-refractivity contribution in [2.24, 2.45) is 0 Å². The van der Waals surface area contributed by atoms with Crippen molar-refractivity contribution in [2.45, 2.75) is 51.1 Å². The second-order valence-corrected chi connectivity index (χ2v) is 5.26. The molecule has 2 aliphatic rings. The van der Waals surface area contributed by atoms with Gasteiger partial charge in [0.05, 0.1) is 19.7 Å². The van der Waals surface area contributed by atoms with Gasteiger partial charge in [-0.1, -0.05) is 5.16 Å². The van der Waals surface area contributed by atoms with E-state index in [0.717, 1.165) is 31.5 Å². The Hall–Kier alpha value is -1.43. The topological polar surface area (TPSA) is 68.5 Å². The van der Waals surface area contributed by atoms with E-state index in [-0.39, 0.29) is 5.97 Å². The minimum Gasteiger partial charge on any atom is -0.465 e. The summed E-state index contributed by atoms with van der Waals surface area (Å²) in [5.41, 5.74) is 0. The number of rotatable bonds is 7. The summed E-state index contributed by atoms with van der Waals surface area (Å²) in [6, 6.07) is 0.459. The number of hydrogen-bond acceptors (Lipinski definition) is 6. The van der Waals surface area contributed by atoms with Gasteiger partial charge in [0.1, 0.15) is 0 Å². The Morgan fingerprint density at radius 3 is 2.84 bits per heavy atom. The Kier molecular flexibility index (Phi) is 3.50. The Morgan fingerprint density at radius 2 is 2.21 bits per heavy atom. The first-order valence-electron chi connectivity index (χ1n) is 6.98. The molecule has 0 aliphatic heterocycles. The van der Waals surface area contributed by atoms with Crippen LogP contribution >= 0.6 is 0 Å². The molecule has 0 unspecified atom stereocenters. The van der Waals surface area contributed by atoms with E-state index in [1.165, 1.54) is 0 Å². The lowest BCUT2D eigenvalue weighted by Crippen LogP contribution is -2.32. The second kappa shape index (κ2) is 5.28. The van der Waals surface area contributed by atoms with Crippen LogP contribution in [0.5, 0.6) is 0 Å². The molecular weight excluding hydrogens is 246 g/mol. The zero-order valence-corrected chi connectivity index (χ0v) is 11.2. The van der Waals surface area contributed by atoms with Gasteiger partial charge in [0.15, 0.2) is 5.82 Å². The first kappa shape index (κ1) is 12.6. The van der Waals surface area contributed by atoms with Crippen LogP contribution in [0.4, 0.5) is 0 Å². The minimum atomic E-state index is -0.184. The summed E-state index contributed by atoms with van der Waals surface area (Å²) in [6.07, 6.45) is 4.58. The number of aromatic nitrogens is 2. The van der Waals surface area contributed by atoms with E-state index in [9.17, 15) is 4.79 Å². The molecule has 1 heterocycles. The van der Waals surface area contributed by atoms with E-state index in [1.54, 1.807) is 0 Å². The highest BCUT2D eigenvalue weighted by Crippen LogP contribution is 2.38. The molecule has 19 heavy (non-hydrogen) atoms. The fourth-order valence-corrected chi connectivity index (χ4v) is 2.14. The number of carbonyl (C=O) groups excluding carboxylic acids is 1. The average molecular weight is 265 g/mol. The van der Waals surface area contributed by atoms with Crippen molar-refractivity contribution in [1.82, 2.24) is 15.0 Å². The minimum absolute atomic E-state index is 0.184. The van der Waals surface area contributed by atoms with Gasteiger partial charge in [0, 0.05) is 12.0 Å². The van der Waals surface area contributed by atoms with Gasteiger partial charge < -0.3 is 9.26 Å². The largest absolute Gasteiger partial charge is 0.465 e. The zero-order chi connectivity index (χ0) is 13.2. The third-order valence-corrected chi connectivity index (χ3v) is 3.47. The molecule has 0 atom stereocenters. The Morgan fingerprint density at radius 1 is 1.42 bits per heavy atom. The summed E-state index contributed by atoms with van der Waals surface area (Å²) in [5, 5.41) is 4.00. The fraction of sp³-hybridized carbons (Fsp3) is 0.769. The van der Waals surface area contributed by atoms with Crippen molar-refractivity contribution in [3.8, 4) is 0 Å². The molecular formula is C13H19N3O3. The van der Waals surface area contributed by atoms with Crippen molar-refractivity contribution >= 4 is 5.97 Å². The van der Waals surface area contributed by atoms with Crippen molar-refractivity contribution in [3.05, 3.63) is 11.7 Å². The average Bonchev–Trinajstić information content (AvgIpc) is 3.28. The maximum absolute atomic E-state index is 11.6. The van der Waals surface area contributed by atoms with E-state index >= 15 is 0 Å². The van der Waals surface area contributed by atoms with Gasteiger partial charge in [-0.15, -0.1) is 0 Å². The molecule has 6 heteroatoms. The van der Waals surface area contributed by atoms with Gasteiger partial charge in [0.2, 0.25) is 5.89 Å². The van der Waals surface area contributed by atoms with Crippen molar-refractivity contribution < 1.29 is 14.1 Å². The molecule has 2 aliphatic carbocycles. The van der Waals surface area contributed by atoms with Gasteiger partial charge in [0.25, 0.3) is 0 Å². The highest BCUT2D eigenvalue weighted by atomic mass is 16.5. The Balaban J connectivity index is 1.58. The normalized spacial score (nSPS) is 18.8. The highest BCUT2D eigenvalue weighted by Gasteiger charge is 2.33. The third kappa shape index (κ3) is 3.32. The highest BCUT2D eigenvalue weighted by molar-refractivity contribution is 5.71. The molecule has 0 amide bonds. The van der Waals surface area contributed by atoms with E-state index in [4.69, 9.17) is 9.26 Å². The van der Waals surface area contributed by atoms with Crippen LogP contribution in [-0.4, -0.2) is 40.2 Å². The SMILES string of the molecule is CCOC(=O)CN(Cc1nc(C2CC2)no1)C1CC1. The van der Waals surface area contributed by atoms with Gasteiger partial charge >= 0.3 is 5.97 Å². The van der Waals surface area contributed by atoms with Crippen LogP contribution in [0.3, 0.4) is 0 Å². The Labute approximate surface area is 112 Å².